The lowest BCUT2D eigenvalue weighted by Crippen LogP contribution is -2.31. The van der Waals surface area contributed by atoms with Crippen molar-refractivity contribution in [3.63, 3.8) is 0 Å². The second kappa shape index (κ2) is 6.06. The van der Waals surface area contributed by atoms with E-state index in [2.05, 4.69) is 24.9 Å². The first-order valence-electron chi connectivity index (χ1n) is 4.88. The quantitative estimate of drug-likeness (QED) is 0.649. The molecule has 0 heterocycles. The lowest BCUT2D eigenvalue weighted by atomic mass is 10.2. The van der Waals surface area contributed by atoms with E-state index in [0.29, 0.717) is 0 Å². The zero-order valence-corrected chi connectivity index (χ0v) is 9.30. The van der Waals surface area contributed by atoms with Crippen molar-refractivity contribution in [1.29, 1.82) is 0 Å². The van der Waals surface area contributed by atoms with Gasteiger partial charge in [-0.2, -0.15) is 0 Å². The molecular weight excluding hydrogens is 194 g/mol. The van der Waals surface area contributed by atoms with Crippen LogP contribution in [-0.4, -0.2) is 17.8 Å². The average molecular weight is 211 g/mol. The molecule has 0 saturated heterocycles. The largest absolute Gasteiger partial charge is 0.395 e. The zero-order valence-electron chi connectivity index (χ0n) is 8.40. The third kappa shape index (κ3) is 3.70. The van der Waals surface area contributed by atoms with E-state index in [9.17, 15) is 0 Å². The fourth-order valence-electron chi connectivity index (χ4n) is 1.21. The topological polar surface area (TPSA) is 32.3 Å². The van der Waals surface area contributed by atoms with Crippen molar-refractivity contribution in [2.45, 2.75) is 30.8 Å². The predicted molar refractivity (Wildman–Crippen MR) is 61.7 cm³/mol. The molecule has 2 N–H and O–H groups in total. The van der Waals surface area contributed by atoms with Gasteiger partial charge in [0, 0.05) is 17.5 Å². The molecule has 1 rings (SSSR count). The molecule has 0 bridgehead atoms. The number of rotatable bonds is 5. The van der Waals surface area contributed by atoms with Gasteiger partial charge in [0.1, 0.15) is 0 Å². The molecule has 0 spiro atoms. The maximum absolute atomic E-state index is 8.97. The van der Waals surface area contributed by atoms with E-state index in [4.69, 9.17) is 5.11 Å². The Morgan fingerprint density at radius 3 is 2.50 bits per heavy atom. The Hall–Kier alpha value is -0.510. The summed E-state index contributed by atoms with van der Waals surface area (Å²) in [5.74, 6) is 0. The monoisotopic (exact) mass is 211 g/mol. The zero-order chi connectivity index (χ0) is 10.4. The van der Waals surface area contributed by atoms with Crippen LogP contribution in [0.3, 0.4) is 0 Å². The van der Waals surface area contributed by atoms with Crippen LogP contribution in [0.4, 0.5) is 0 Å². The number of hydrogen-bond donors (Lipinski definition) is 3. The number of thiol groups is 1. The second-order valence-electron chi connectivity index (χ2n) is 3.34. The summed E-state index contributed by atoms with van der Waals surface area (Å²) in [6.45, 7) is 3.05. The summed E-state index contributed by atoms with van der Waals surface area (Å²) in [4.78, 5) is 0.975. The van der Waals surface area contributed by atoms with Crippen LogP contribution in [0, 0.1) is 0 Å². The van der Waals surface area contributed by atoms with Crippen molar-refractivity contribution in [2.75, 3.05) is 6.61 Å². The van der Waals surface area contributed by atoms with Gasteiger partial charge in [-0.05, 0) is 24.1 Å². The number of aliphatic hydroxyl groups excluding tert-OH is 1. The van der Waals surface area contributed by atoms with Gasteiger partial charge in [0.05, 0.1) is 6.61 Å². The Bertz CT molecular complexity index is 256. The van der Waals surface area contributed by atoms with Crippen LogP contribution in [0.1, 0.15) is 18.9 Å². The molecule has 3 heteroatoms. The van der Waals surface area contributed by atoms with Gasteiger partial charge in [0.2, 0.25) is 0 Å². The smallest absolute Gasteiger partial charge is 0.0584 e. The minimum Gasteiger partial charge on any atom is -0.395 e. The molecule has 0 aliphatic carbocycles. The first-order chi connectivity index (χ1) is 6.76. The third-order valence-corrected chi connectivity index (χ3v) is 2.54. The summed E-state index contributed by atoms with van der Waals surface area (Å²) in [6.07, 6.45) is 0.946. The standard InChI is InChI=1S/C11H17NOS/c1-2-10(8-13)12-7-9-3-5-11(14)6-4-9/h3-6,10,12-14H,2,7-8H2,1H3. The Kier molecular flexibility index (Phi) is 5.01. The fourth-order valence-corrected chi connectivity index (χ4v) is 1.36. The summed E-state index contributed by atoms with van der Waals surface area (Å²) in [5, 5.41) is 12.3. The van der Waals surface area contributed by atoms with E-state index < -0.39 is 0 Å². The minimum atomic E-state index is 0.196. The van der Waals surface area contributed by atoms with E-state index >= 15 is 0 Å². The molecule has 78 valence electrons. The van der Waals surface area contributed by atoms with Gasteiger partial charge in [-0.25, -0.2) is 0 Å². The highest BCUT2D eigenvalue weighted by Crippen LogP contribution is 2.07. The van der Waals surface area contributed by atoms with Crippen molar-refractivity contribution in [3.05, 3.63) is 29.8 Å². The Labute approximate surface area is 90.8 Å². The number of aliphatic hydroxyl groups is 1. The summed E-state index contributed by atoms with van der Waals surface area (Å²) >= 11 is 4.22. The predicted octanol–water partition coefficient (Wildman–Crippen LogP) is 1.84. The second-order valence-corrected chi connectivity index (χ2v) is 3.85. The summed E-state index contributed by atoms with van der Waals surface area (Å²) < 4.78 is 0. The van der Waals surface area contributed by atoms with Crippen molar-refractivity contribution >= 4 is 12.6 Å². The molecule has 0 amide bonds. The molecule has 0 fully saturated rings. The van der Waals surface area contributed by atoms with Crippen LogP contribution in [0.2, 0.25) is 0 Å². The number of benzene rings is 1. The molecule has 0 aliphatic heterocycles. The van der Waals surface area contributed by atoms with Crippen molar-refractivity contribution in [1.82, 2.24) is 5.32 Å². The Morgan fingerprint density at radius 1 is 1.36 bits per heavy atom. The minimum absolute atomic E-state index is 0.196. The van der Waals surface area contributed by atoms with Gasteiger partial charge in [-0.15, -0.1) is 12.6 Å². The Balaban J connectivity index is 2.41. The van der Waals surface area contributed by atoms with Crippen molar-refractivity contribution in [3.8, 4) is 0 Å². The Morgan fingerprint density at radius 2 is 2.00 bits per heavy atom. The molecule has 0 aliphatic rings. The molecular formula is C11H17NOS. The number of hydrogen-bond acceptors (Lipinski definition) is 3. The van der Waals surface area contributed by atoms with Gasteiger partial charge < -0.3 is 10.4 Å². The first kappa shape index (κ1) is 11.6. The summed E-state index contributed by atoms with van der Waals surface area (Å²) in [5.41, 5.74) is 1.22. The van der Waals surface area contributed by atoms with Crippen molar-refractivity contribution < 1.29 is 5.11 Å². The van der Waals surface area contributed by atoms with Crippen LogP contribution in [0.5, 0.6) is 0 Å². The first-order valence-corrected chi connectivity index (χ1v) is 5.33. The molecule has 2 nitrogen and oxygen atoms in total. The maximum Gasteiger partial charge on any atom is 0.0584 e. The van der Waals surface area contributed by atoms with Gasteiger partial charge >= 0.3 is 0 Å². The van der Waals surface area contributed by atoms with Gasteiger partial charge in [0.15, 0.2) is 0 Å². The lowest BCUT2D eigenvalue weighted by Gasteiger charge is -2.13. The van der Waals surface area contributed by atoms with Crippen LogP contribution in [0.25, 0.3) is 0 Å². The van der Waals surface area contributed by atoms with Crippen LogP contribution in [-0.2, 0) is 6.54 Å². The van der Waals surface area contributed by atoms with Crippen LogP contribution >= 0.6 is 12.6 Å². The highest BCUT2D eigenvalue weighted by atomic mass is 32.1. The van der Waals surface area contributed by atoms with Gasteiger partial charge in [-0.3, -0.25) is 0 Å². The van der Waals surface area contributed by atoms with E-state index in [-0.39, 0.29) is 12.6 Å². The average Bonchev–Trinajstić information content (AvgIpc) is 2.22. The normalized spacial score (nSPS) is 12.8. The van der Waals surface area contributed by atoms with E-state index in [1.165, 1.54) is 5.56 Å². The fraction of sp³-hybridized carbons (Fsp3) is 0.455. The maximum atomic E-state index is 8.97. The lowest BCUT2D eigenvalue weighted by molar-refractivity contribution is 0.238. The van der Waals surface area contributed by atoms with E-state index in [1.807, 2.05) is 24.3 Å². The van der Waals surface area contributed by atoms with E-state index in [0.717, 1.165) is 17.9 Å². The van der Waals surface area contributed by atoms with Crippen LogP contribution in [0.15, 0.2) is 29.2 Å². The highest BCUT2D eigenvalue weighted by molar-refractivity contribution is 7.80. The molecule has 0 aromatic heterocycles. The SMILES string of the molecule is CCC(CO)NCc1ccc(S)cc1. The molecule has 1 atom stereocenters. The molecule has 1 aromatic rings. The van der Waals surface area contributed by atoms with Gasteiger partial charge in [0.25, 0.3) is 0 Å². The third-order valence-electron chi connectivity index (χ3n) is 2.24. The number of nitrogens with one attached hydrogen (secondary N) is 1. The van der Waals surface area contributed by atoms with Crippen molar-refractivity contribution in [2.24, 2.45) is 0 Å². The van der Waals surface area contributed by atoms with Crippen LogP contribution < -0.4 is 5.32 Å². The molecule has 1 aromatic carbocycles. The van der Waals surface area contributed by atoms with E-state index in [1.54, 1.807) is 0 Å². The molecule has 1 unspecified atom stereocenters. The molecule has 0 saturated carbocycles. The summed E-state index contributed by atoms with van der Waals surface area (Å²) in [6, 6.07) is 8.23. The van der Waals surface area contributed by atoms with Gasteiger partial charge in [-0.1, -0.05) is 19.1 Å². The highest BCUT2D eigenvalue weighted by Gasteiger charge is 2.02. The molecule has 0 radical (unpaired) electrons. The molecule has 14 heavy (non-hydrogen) atoms. The summed E-state index contributed by atoms with van der Waals surface area (Å²) in [7, 11) is 0.